The molecule has 0 bridgehead atoms. The average molecular weight is 370 g/mol. The van der Waals surface area contributed by atoms with Gasteiger partial charge in [-0.15, -0.1) is 6.58 Å². The van der Waals surface area contributed by atoms with Crippen LogP contribution in [0.25, 0.3) is 0 Å². The molecule has 25 heavy (non-hydrogen) atoms. The van der Waals surface area contributed by atoms with Gasteiger partial charge in [0.25, 0.3) is 0 Å². The van der Waals surface area contributed by atoms with Crippen LogP contribution in [0.2, 0.25) is 5.02 Å². The van der Waals surface area contributed by atoms with Crippen molar-refractivity contribution in [1.82, 2.24) is 0 Å². The number of carbonyl (C=O) groups excluding carboxylic acids is 1. The Morgan fingerprint density at radius 1 is 1.16 bits per heavy atom. The zero-order chi connectivity index (χ0) is 18.6. The highest BCUT2D eigenvalue weighted by Gasteiger charge is 2.45. The van der Waals surface area contributed by atoms with E-state index < -0.39 is 18.1 Å². The standard InChI is InChI=1S/C18H15ClF3NO2/c1-3-16(12-4-6-13(19)7-5-12)23(17(24)18(20,21)22)14-8-10-15(25-2)11-9-14/h3-11,16H,1H2,2H3/t16-/m1/s1. The first-order valence-corrected chi connectivity index (χ1v) is 7.58. The average Bonchev–Trinajstić information content (AvgIpc) is 2.59. The monoisotopic (exact) mass is 369 g/mol. The third-order valence-corrected chi connectivity index (χ3v) is 3.78. The number of halogens is 4. The highest BCUT2D eigenvalue weighted by atomic mass is 35.5. The lowest BCUT2D eigenvalue weighted by molar-refractivity contribution is -0.170. The molecule has 2 aromatic rings. The predicted octanol–water partition coefficient (Wildman–Crippen LogP) is 5.17. The van der Waals surface area contributed by atoms with Crippen molar-refractivity contribution in [2.24, 2.45) is 0 Å². The minimum atomic E-state index is -5.03. The van der Waals surface area contributed by atoms with Crippen LogP contribution in [0, 0.1) is 0 Å². The van der Waals surface area contributed by atoms with Crippen molar-refractivity contribution in [1.29, 1.82) is 0 Å². The largest absolute Gasteiger partial charge is 0.497 e. The molecule has 0 spiro atoms. The van der Waals surface area contributed by atoms with Gasteiger partial charge in [-0.05, 0) is 42.0 Å². The van der Waals surface area contributed by atoms with Crippen LogP contribution in [0.3, 0.4) is 0 Å². The fraction of sp³-hybridized carbons (Fsp3) is 0.167. The van der Waals surface area contributed by atoms with Gasteiger partial charge < -0.3 is 4.74 Å². The highest BCUT2D eigenvalue weighted by Crippen LogP contribution is 2.34. The van der Waals surface area contributed by atoms with E-state index in [1.54, 1.807) is 12.1 Å². The molecule has 0 unspecified atom stereocenters. The van der Waals surface area contributed by atoms with Gasteiger partial charge in [0.1, 0.15) is 5.75 Å². The molecule has 0 fully saturated rings. The number of nitrogens with zero attached hydrogens (tertiary/aromatic N) is 1. The number of rotatable bonds is 5. The molecule has 1 atom stereocenters. The Hall–Kier alpha value is -2.47. The Morgan fingerprint density at radius 3 is 2.16 bits per heavy atom. The number of anilines is 1. The first-order valence-electron chi connectivity index (χ1n) is 7.20. The summed E-state index contributed by atoms with van der Waals surface area (Å²) >= 11 is 5.82. The van der Waals surface area contributed by atoms with E-state index >= 15 is 0 Å². The fourth-order valence-corrected chi connectivity index (χ4v) is 2.46. The van der Waals surface area contributed by atoms with Crippen LogP contribution in [-0.4, -0.2) is 19.2 Å². The van der Waals surface area contributed by atoms with Crippen molar-refractivity contribution >= 4 is 23.2 Å². The molecule has 0 aliphatic rings. The van der Waals surface area contributed by atoms with Crippen molar-refractivity contribution in [3.63, 3.8) is 0 Å². The molecule has 0 saturated carbocycles. The summed E-state index contributed by atoms with van der Waals surface area (Å²) in [5.41, 5.74) is 0.524. The Balaban J connectivity index is 2.53. The fourth-order valence-electron chi connectivity index (χ4n) is 2.33. The van der Waals surface area contributed by atoms with E-state index in [-0.39, 0.29) is 5.69 Å². The van der Waals surface area contributed by atoms with Crippen molar-refractivity contribution in [2.45, 2.75) is 12.2 Å². The lowest BCUT2D eigenvalue weighted by Gasteiger charge is -2.31. The molecule has 0 heterocycles. The molecule has 0 radical (unpaired) electrons. The summed E-state index contributed by atoms with van der Waals surface area (Å²) in [5, 5.41) is 0.435. The second-order valence-corrected chi connectivity index (χ2v) is 5.54. The predicted molar refractivity (Wildman–Crippen MR) is 90.9 cm³/mol. The second kappa shape index (κ2) is 7.61. The quantitative estimate of drug-likeness (QED) is 0.680. The molecular weight excluding hydrogens is 355 g/mol. The maximum atomic E-state index is 13.1. The molecule has 2 aromatic carbocycles. The molecule has 132 valence electrons. The van der Waals surface area contributed by atoms with Crippen LogP contribution >= 0.6 is 11.6 Å². The van der Waals surface area contributed by atoms with Crippen molar-refractivity contribution in [3.8, 4) is 5.75 Å². The van der Waals surface area contributed by atoms with Gasteiger partial charge in [0.2, 0.25) is 0 Å². The second-order valence-electron chi connectivity index (χ2n) is 5.10. The Morgan fingerprint density at radius 2 is 1.72 bits per heavy atom. The third kappa shape index (κ3) is 4.33. The summed E-state index contributed by atoms with van der Waals surface area (Å²) in [5.74, 6) is -1.53. The van der Waals surface area contributed by atoms with Gasteiger partial charge in [-0.3, -0.25) is 9.69 Å². The maximum Gasteiger partial charge on any atom is 0.471 e. The van der Waals surface area contributed by atoms with E-state index in [9.17, 15) is 18.0 Å². The first-order chi connectivity index (χ1) is 11.8. The van der Waals surface area contributed by atoms with Gasteiger partial charge in [0.05, 0.1) is 13.2 Å². The van der Waals surface area contributed by atoms with Crippen LogP contribution in [0.4, 0.5) is 18.9 Å². The number of carbonyl (C=O) groups is 1. The van der Waals surface area contributed by atoms with E-state index in [1.165, 1.54) is 49.6 Å². The highest BCUT2D eigenvalue weighted by molar-refractivity contribution is 6.30. The topological polar surface area (TPSA) is 29.5 Å². The summed E-state index contributed by atoms with van der Waals surface area (Å²) in [7, 11) is 1.44. The number of hydrogen-bond donors (Lipinski definition) is 0. The molecule has 1 amide bonds. The van der Waals surface area contributed by atoms with Crippen LogP contribution < -0.4 is 9.64 Å². The Kier molecular flexibility index (Phi) is 5.74. The molecule has 3 nitrogen and oxygen atoms in total. The number of ether oxygens (including phenoxy) is 1. The number of amides is 1. The number of benzene rings is 2. The van der Waals surface area contributed by atoms with Crippen LogP contribution in [0.1, 0.15) is 11.6 Å². The van der Waals surface area contributed by atoms with E-state index in [1.807, 2.05) is 0 Å². The zero-order valence-electron chi connectivity index (χ0n) is 13.3. The normalized spacial score (nSPS) is 12.4. The summed E-state index contributed by atoms with van der Waals surface area (Å²) in [6, 6.07) is 10.9. The molecular formula is C18H15ClF3NO2. The van der Waals surface area contributed by atoms with Gasteiger partial charge in [-0.2, -0.15) is 13.2 Å². The summed E-state index contributed by atoms with van der Waals surface area (Å²) in [4.78, 5) is 12.7. The third-order valence-electron chi connectivity index (χ3n) is 3.52. The molecule has 0 aromatic heterocycles. The lowest BCUT2D eigenvalue weighted by Crippen LogP contribution is -2.43. The Labute approximate surface area is 148 Å². The van der Waals surface area contributed by atoms with Crippen molar-refractivity contribution in [3.05, 3.63) is 71.8 Å². The summed E-state index contributed by atoms with van der Waals surface area (Å²) in [6.45, 7) is 3.59. The maximum absolute atomic E-state index is 13.1. The molecule has 0 saturated heterocycles. The van der Waals surface area contributed by atoms with Crippen molar-refractivity contribution in [2.75, 3.05) is 12.0 Å². The van der Waals surface area contributed by atoms with Gasteiger partial charge in [0.15, 0.2) is 0 Å². The van der Waals surface area contributed by atoms with Crippen molar-refractivity contribution < 1.29 is 22.7 Å². The van der Waals surface area contributed by atoms with Crippen LogP contribution in [0.15, 0.2) is 61.2 Å². The molecule has 7 heteroatoms. The molecule has 0 N–H and O–H groups in total. The van der Waals surface area contributed by atoms with Gasteiger partial charge in [0, 0.05) is 10.7 Å². The van der Waals surface area contributed by atoms with Crippen LogP contribution in [0.5, 0.6) is 5.75 Å². The Bertz CT molecular complexity index is 742. The van der Waals surface area contributed by atoms with Gasteiger partial charge in [-0.1, -0.05) is 29.8 Å². The van der Waals surface area contributed by atoms with E-state index in [0.29, 0.717) is 21.2 Å². The number of hydrogen-bond acceptors (Lipinski definition) is 2. The number of alkyl halides is 3. The molecule has 2 rings (SSSR count). The van der Waals surface area contributed by atoms with E-state index in [2.05, 4.69) is 6.58 Å². The summed E-state index contributed by atoms with van der Waals surface area (Å²) in [6.07, 6.45) is -3.76. The smallest absolute Gasteiger partial charge is 0.471 e. The van der Waals surface area contributed by atoms with Gasteiger partial charge >= 0.3 is 12.1 Å². The minimum Gasteiger partial charge on any atom is -0.497 e. The molecule has 0 aliphatic heterocycles. The van der Waals surface area contributed by atoms with E-state index in [0.717, 1.165) is 0 Å². The number of methoxy groups -OCH3 is 1. The first kappa shape index (κ1) is 18.9. The summed E-state index contributed by atoms with van der Waals surface area (Å²) < 4.78 is 44.4. The SMILES string of the molecule is C=C[C@H](c1ccc(Cl)cc1)N(C(=O)C(F)(F)F)c1ccc(OC)cc1. The molecule has 0 aliphatic carbocycles. The minimum absolute atomic E-state index is 0.0722. The van der Waals surface area contributed by atoms with Crippen LogP contribution in [-0.2, 0) is 4.79 Å². The zero-order valence-corrected chi connectivity index (χ0v) is 14.0. The van der Waals surface area contributed by atoms with Gasteiger partial charge in [-0.25, -0.2) is 0 Å². The lowest BCUT2D eigenvalue weighted by atomic mass is 10.0. The van der Waals surface area contributed by atoms with E-state index in [4.69, 9.17) is 16.3 Å².